The minimum Gasteiger partial charge on any atom is -0.399 e. The van der Waals surface area contributed by atoms with E-state index in [2.05, 4.69) is 45.9 Å². The predicted octanol–water partition coefficient (Wildman–Crippen LogP) is 3.62. The summed E-state index contributed by atoms with van der Waals surface area (Å²) in [5.41, 5.74) is 8.93. The lowest BCUT2D eigenvalue weighted by atomic mass is 10.1. The fourth-order valence-corrected chi connectivity index (χ4v) is 2.44. The van der Waals surface area contributed by atoms with Crippen LogP contribution in [-0.2, 0) is 0 Å². The average Bonchev–Trinajstić information content (AvgIpc) is 2.37. The molecule has 1 atom stereocenters. The van der Waals surface area contributed by atoms with Gasteiger partial charge in [-0.05, 0) is 46.6 Å². The molecule has 1 unspecified atom stereocenters. The van der Waals surface area contributed by atoms with Crippen LogP contribution in [0.4, 0.5) is 11.4 Å². The molecule has 1 aromatic heterocycles. The largest absolute Gasteiger partial charge is 0.399 e. The number of nitrogen functional groups attached to an aromatic ring is 1. The van der Waals surface area contributed by atoms with Gasteiger partial charge < -0.3 is 10.6 Å². The highest BCUT2D eigenvalue weighted by atomic mass is 79.9. The minimum absolute atomic E-state index is 0.243. The number of benzene rings is 1. The fourth-order valence-electron chi connectivity index (χ4n) is 1.90. The third kappa shape index (κ3) is 2.64. The van der Waals surface area contributed by atoms with Crippen LogP contribution in [0.3, 0.4) is 0 Å². The van der Waals surface area contributed by atoms with Gasteiger partial charge in [-0.15, -0.1) is 0 Å². The lowest BCUT2D eigenvalue weighted by Crippen LogP contribution is -2.22. The SMILES string of the molecule is CC(c1cccc(N)c1)N(C)c1ccncc1Br. The van der Waals surface area contributed by atoms with Crippen LogP contribution < -0.4 is 10.6 Å². The summed E-state index contributed by atoms with van der Waals surface area (Å²) in [6, 6.07) is 10.2. The molecule has 0 spiro atoms. The summed E-state index contributed by atoms with van der Waals surface area (Å²) < 4.78 is 0.989. The second-order valence-corrected chi connectivity index (χ2v) is 5.14. The van der Waals surface area contributed by atoms with Gasteiger partial charge in [0.15, 0.2) is 0 Å². The Morgan fingerprint density at radius 2 is 2.11 bits per heavy atom. The summed E-state index contributed by atoms with van der Waals surface area (Å²) in [5, 5.41) is 0. The van der Waals surface area contributed by atoms with Crippen molar-refractivity contribution in [2.24, 2.45) is 0 Å². The number of anilines is 2. The third-order valence-corrected chi connectivity index (χ3v) is 3.72. The van der Waals surface area contributed by atoms with Crippen LogP contribution in [-0.4, -0.2) is 12.0 Å². The molecule has 0 amide bonds. The van der Waals surface area contributed by atoms with E-state index in [9.17, 15) is 0 Å². The van der Waals surface area contributed by atoms with Gasteiger partial charge in [0.25, 0.3) is 0 Å². The van der Waals surface area contributed by atoms with E-state index in [0.29, 0.717) is 0 Å². The van der Waals surface area contributed by atoms with Crippen molar-refractivity contribution < 1.29 is 0 Å². The number of nitrogens with zero attached hydrogens (tertiary/aromatic N) is 2. The normalized spacial score (nSPS) is 12.2. The summed E-state index contributed by atoms with van der Waals surface area (Å²) in [6.45, 7) is 2.15. The van der Waals surface area contributed by atoms with Crippen LogP contribution in [0.15, 0.2) is 47.2 Å². The van der Waals surface area contributed by atoms with E-state index in [4.69, 9.17) is 5.73 Å². The molecule has 3 nitrogen and oxygen atoms in total. The van der Waals surface area contributed by atoms with E-state index in [1.165, 1.54) is 5.56 Å². The Morgan fingerprint density at radius 1 is 1.33 bits per heavy atom. The highest BCUT2D eigenvalue weighted by molar-refractivity contribution is 9.10. The fraction of sp³-hybridized carbons (Fsp3) is 0.214. The smallest absolute Gasteiger partial charge is 0.0592 e. The molecular weight excluding hydrogens is 290 g/mol. The van der Waals surface area contributed by atoms with E-state index in [0.717, 1.165) is 15.8 Å². The van der Waals surface area contributed by atoms with Crippen molar-refractivity contribution in [2.75, 3.05) is 17.7 Å². The summed E-state index contributed by atoms with van der Waals surface area (Å²) in [7, 11) is 2.06. The maximum Gasteiger partial charge on any atom is 0.0592 e. The molecule has 0 aliphatic rings. The Labute approximate surface area is 116 Å². The molecule has 0 radical (unpaired) electrons. The molecule has 0 saturated carbocycles. The van der Waals surface area contributed by atoms with Crippen molar-refractivity contribution in [3.63, 3.8) is 0 Å². The number of aromatic nitrogens is 1. The van der Waals surface area contributed by atoms with Gasteiger partial charge in [-0.25, -0.2) is 0 Å². The van der Waals surface area contributed by atoms with Crippen LogP contribution in [0.1, 0.15) is 18.5 Å². The Hall–Kier alpha value is -1.55. The van der Waals surface area contributed by atoms with Crippen LogP contribution in [0.5, 0.6) is 0 Å². The lowest BCUT2D eigenvalue weighted by molar-refractivity contribution is 0.738. The van der Waals surface area contributed by atoms with E-state index >= 15 is 0 Å². The number of hydrogen-bond acceptors (Lipinski definition) is 3. The summed E-state index contributed by atoms with van der Waals surface area (Å²) in [4.78, 5) is 6.27. The van der Waals surface area contributed by atoms with Gasteiger partial charge >= 0.3 is 0 Å². The van der Waals surface area contributed by atoms with Crippen molar-refractivity contribution >= 4 is 27.3 Å². The maximum atomic E-state index is 5.83. The van der Waals surface area contributed by atoms with E-state index < -0.39 is 0 Å². The molecule has 2 rings (SSSR count). The molecule has 0 aliphatic carbocycles. The van der Waals surface area contributed by atoms with Gasteiger partial charge in [-0.1, -0.05) is 12.1 Å². The van der Waals surface area contributed by atoms with Gasteiger partial charge in [0.05, 0.1) is 16.2 Å². The number of nitrogens with two attached hydrogens (primary N) is 1. The molecule has 0 aliphatic heterocycles. The molecule has 0 bridgehead atoms. The molecule has 2 aromatic rings. The number of rotatable bonds is 3. The van der Waals surface area contributed by atoms with Crippen molar-refractivity contribution in [3.05, 3.63) is 52.8 Å². The molecule has 2 N–H and O–H groups in total. The molecule has 4 heteroatoms. The molecule has 1 heterocycles. The summed E-state index contributed by atoms with van der Waals surface area (Å²) in [5.74, 6) is 0. The zero-order valence-electron chi connectivity index (χ0n) is 10.5. The monoisotopic (exact) mass is 305 g/mol. The Morgan fingerprint density at radius 3 is 2.78 bits per heavy atom. The van der Waals surface area contributed by atoms with Crippen LogP contribution in [0.2, 0.25) is 0 Å². The van der Waals surface area contributed by atoms with Gasteiger partial charge in [-0.2, -0.15) is 0 Å². The Kier molecular flexibility index (Phi) is 3.87. The first-order valence-electron chi connectivity index (χ1n) is 5.77. The summed E-state index contributed by atoms with van der Waals surface area (Å²) in [6.07, 6.45) is 3.60. The highest BCUT2D eigenvalue weighted by Gasteiger charge is 2.14. The van der Waals surface area contributed by atoms with Gasteiger partial charge in [0.1, 0.15) is 0 Å². The van der Waals surface area contributed by atoms with Crippen LogP contribution in [0, 0.1) is 0 Å². The maximum absolute atomic E-state index is 5.83. The van der Waals surface area contributed by atoms with E-state index in [1.54, 1.807) is 12.4 Å². The Bertz CT molecular complexity index is 542. The first kappa shape index (κ1) is 12.9. The van der Waals surface area contributed by atoms with Gasteiger partial charge in [-0.3, -0.25) is 4.98 Å². The first-order chi connectivity index (χ1) is 8.59. The van der Waals surface area contributed by atoms with Crippen molar-refractivity contribution in [1.29, 1.82) is 0 Å². The molecule has 0 saturated heterocycles. The number of halogens is 1. The standard InChI is InChI=1S/C14H16BrN3/c1-10(11-4-3-5-12(16)8-11)18(2)14-6-7-17-9-13(14)15/h3-10H,16H2,1-2H3. The molecule has 94 valence electrons. The first-order valence-corrected chi connectivity index (χ1v) is 6.56. The van der Waals surface area contributed by atoms with Gasteiger partial charge in [0, 0.05) is 25.1 Å². The predicted molar refractivity (Wildman–Crippen MR) is 79.6 cm³/mol. The quantitative estimate of drug-likeness (QED) is 0.881. The zero-order valence-corrected chi connectivity index (χ0v) is 12.1. The molecule has 1 aromatic carbocycles. The second kappa shape index (κ2) is 5.40. The van der Waals surface area contributed by atoms with Crippen molar-refractivity contribution in [3.8, 4) is 0 Å². The topological polar surface area (TPSA) is 42.1 Å². The van der Waals surface area contributed by atoms with Crippen LogP contribution >= 0.6 is 15.9 Å². The molecule has 18 heavy (non-hydrogen) atoms. The molecule has 0 fully saturated rings. The second-order valence-electron chi connectivity index (χ2n) is 4.28. The third-order valence-electron chi connectivity index (χ3n) is 3.11. The lowest BCUT2D eigenvalue weighted by Gasteiger charge is -2.28. The van der Waals surface area contributed by atoms with Crippen LogP contribution in [0.25, 0.3) is 0 Å². The highest BCUT2D eigenvalue weighted by Crippen LogP contribution is 2.30. The minimum atomic E-state index is 0.243. The van der Waals surface area contributed by atoms with Gasteiger partial charge in [0.2, 0.25) is 0 Å². The molecular formula is C14H16BrN3. The average molecular weight is 306 g/mol. The zero-order chi connectivity index (χ0) is 13.1. The summed E-state index contributed by atoms with van der Waals surface area (Å²) >= 11 is 3.52. The van der Waals surface area contributed by atoms with Crippen molar-refractivity contribution in [1.82, 2.24) is 4.98 Å². The van der Waals surface area contributed by atoms with E-state index in [-0.39, 0.29) is 6.04 Å². The number of pyridine rings is 1. The van der Waals surface area contributed by atoms with Crippen molar-refractivity contribution in [2.45, 2.75) is 13.0 Å². The number of hydrogen-bond donors (Lipinski definition) is 1. The Balaban J connectivity index is 2.29. The van der Waals surface area contributed by atoms with E-state index in [1.807, 2.05) is 24.3 Å².